The van der Waals surface area contributed by atoms with E-state index in [2.05, 4.69) is 18.9 Å². The molecule has 0 spiro atoms. The summed E-state index contributed by atoms with van der Waals surface area (Å²) in [5.74, 6) is 0.927. The monoisotopic (exact) mass is 427 g/mol. The van der Waals surface area contributed by atoms with Gasteiger partial charge in [-0.2, -0.15) is 5.10 Å². The van der Waals surface area contributed by atoms with Crippen LogP contribution in [0.4, 0.5) is 0 Å². The van der Waals surface area contributed by atoms with Crippen molar-refractivity contribution in [2.24, 2.45) is 5.92 Å². The Hall–Kier alpha value is -2.37. The molecule has 1 heterocycles. The third-order valence-corrected chi connectivity index (χ3v) is 6.37. The largest absolute Gasteiger partial charge is 0.497 e. The molecule has 2 aromatic rings. The van der Waals surface area contributed by atoms with E-state index in [1.54, 1.807) is 11.8 Å². The number of benzene rings is 1. The van der Waals surface area contributed by atoms with E-state index in [0.717, 1.165) is 75.4 Å². The maximum atomic E-state index is 13.3. The number of aromatic nitrogens is 2. The average molecular weight is 428 g/mol. The van der Waals surface area contributed by atoms with Gasteiger partial charge in [0.25, 0.3) is 0 Å². The van der Waals surface area contributed by atoms with Gasteiger partial charge in [0.2, 0.25) is 5.91 Å². The lowest BCUT2D eigenvalue weighted by atomic mass is 9.85. The Kier molecular flexibility index (Phi) is 8.50. The quantitative estimate of drug-likeness (QED) is 0.460. The lowest BCUT2D eigenvalue weighted by Gasteiger charge is -2.22. The van der Waals surface area contributed by atoms with Gasteiger partial charge in [-0.15, -0.1) is 0 Å². The highest BCUT2D eigenvalue weighted by Crippen LogP contribution is 2.31. The van der Waals surface area contributed by atoms with E-state index in [1.807, 2.05) is 23.1 Å². The zero-order chi connectivity index (χ0) is 22.2. The highest BCUT2D eigenvalue weighted by Gasteiger charge is 2.27. The van der Waals surface area contributed by atoms with Gasteiger partial charge in [-0.1, -0.05) is 46.0 Å². The number of hydrogen-bond donors (Lipinski definition) is 0. The Balaban J connectivity index is 1.90. The first kappa shape index (κ1) is 23.3. The molecule has 31 heavy (non-hydrogen) atoms. The zero-order valence-electron chi connectivity index (χ0n) is 19.4. The average Bonchev–Trinajstić information content (AvgIpc) is 3.16. The Morgan fingerprint density at radius 1 is 1.10 bits per heavy atom. The first-order valence-electron chi connectivity index (χ1n) is 12.0. The highest BCUT2D eigenvalue weighted by atomic mass is 16.5. The minimum absolute atomic E-state index is 0.0451. The maximum Gasteiger partial charge on any atom is 0.244 e. The van der Waals surface area contributed by atoms with Crippen molar-refractivity contribution in [2.45, 2.75) is 78.2 Å². The van der Waals surface area contributed by atoms with Crippen LogP contribution in [0.5, 0.6) is 5.75 Å². The minimum atomic E-state index is 0.0451. The van der Waals surface area contributed by atoms with E-state index in [9.17, 15) is 9.59 Å². The van der Waals surface area contributed by atoms with Crippen molar-refractivity contribution in [3.63, 3.8) is 0 Å². The van der Waals surface area contributed by atoms with Crippen molar-refractivity contribution >= 4 is 22.6 Å². The van der Waals surface area contributed by atoms with Crippen molar-refractivity contribution in [2.75, 3.05) is 20.2 Å². The third kappa shape index (κ3) is 5.66. The van der Waals surface area contributed by atoms with Gasteiger partial charge in [-0.3, -0.25) is 14.3 Å². The molecule has 6 nitrogen and oxygen atoms in total. The number of carbonyl (C=O) groups is 2. The first-order chi connectivity index (χ1) is 15.1. The number of rotatable bonds is 11. The summed E-state index contributed by atoms with van der Waals surface area (Å²) in [6.07, 6.45) is 9.37. The highest BCUT2D eigenvalue weighted by molar-refractivity contribution is 6.07. The minimum Gasteiger partial charge on any atom is -0.497 e. The maximum absolute atomic E-state index is 13.3. The van der Waals surface area contributed by atoms with Crippen molar-refractivity contribution in [1.29, 1.82) is 0 Å². The van der Waals surface area contributed by atoms with E-state index in [4.69, 9.17) is 4.74 Å². The summed E-state index contributed by atoms with van der Waals surface area (Å²) in [7, 11) is 1.62. The lowest BCUT2D eigenvalue weighted by Crippen LogP contribution is -2.35. The summed E-state index contributed by atoms with van der Waals surface area (Å²) in [6, 6.07) is 5.66. The fourth-order valence-corrected chi connectivity index (χ4v) is 4.43. The molecule has 1 amide bonds. The number of Topliss-reactive ketones (excluding diaryl/α,β-unsaturated/α-hetero) is 1. The van der Waals surface area contributed by atoms with Crippen molar-refractivity contribution in [3.8, 4) is 5.75 Å². The number of fused-ring (bicyclic) bond motifs is 1. The van der Waals surface area contributed by atoms with Crippen molar-refractivity contribution in [3.05, 3.63) is 23.9 Å². The molecule has 170 valence electrons. The fraction of sp³-hybridized carbons (Fsp3) is 0.640. The summed E-state index contributed by atoms with van der Waals surface area (Å²) in [5.41, 5.74) is 1.30. The van der Waals surface area contributed by atoms with Crippen LogP contribution in [0.15, 0.2) is 18.2 Å². The predicted molar refractivity (Wildman–Crippen MR) is 124 cm³/mol. The van der Waals surface area contributed by atoms with Crippen LogP contribution in [0.2, 0.25) is 0 Å². The van der Waals surface area contributed by atoms with Crippen LogP contribution < -0.4 is 4.74 Å². The molecule has 0 bridgehead atoms. The molecule has 3 rings (SSSR count). The molecule has 1 aliphatic carbocycles. The molecule has 0 atom stereocenters. The van der Waals surface area contributed by atoms with Crippen LogP contribution in [0, 0.1) is 5.92 Å². The molecule has 6 heteroatoms. The molecule has 0 radical (unpaired) electrons. The lowest BCUT2D eigenvalue weighted by molar-refractivity contribution is -0.132. The SMILES string of the molecule is CCCCN(CCCC)C(=O)Cn1nc(C(=O)C2CCCCC2)c2ccc(OC)cc21. The van der Waals surface area contributed by atoms with Gasteiger partial charge < -0.3 is 9.64 Å². The number of nitrogens with zero attached hydrogens (tertiary/aromatic N) is 3. The van der Waals surface area contributed by atoms with Gasteiger partial charge in [0.15, 0.2) is 5.78 Å². The molecular weight excluding hydrogens is 390 g/mol. The second-order valence-corrected chi connectivity index (χ2v) is 8.68. The summed E-state index contributed by atoms with van der Waals surface area (Å²) in [6.45, 7) is 5.96. The van der Waals surface area contributed by atoms with Gasteiger partial charge in [0.05, 0.1) is 12.6 Å². The first-order valence-corrected chi connectivity index (χ1v) is 12.0. The standard InChI is InChI=1S/C25H37N3O3/c1-4-6-15-27(16-7-5-2)23(29)18-28-22-17-20(31-3)13-14-21(22)24(26-28)25(30)19-11-9-8-10-12-19/h13-14,17,19H,4-12,15-16,18H2,1-3H3. The molecule has 1 aliphatic rings. The number of hydrogen-bond acceptors (Lipinski definition) is 4. The number of unbranched alkanes of at least 4 members (excludes halogenated alkanes) is 2. The van der Waals surface area contributed by atoms with E-state index in [-0.39, 0.29) is 24.2 Å². The normalized spacial score (nSPS) is 14.7. The second-order valence-electron chi connectivity index (χ2n) is 8.68. The Morgan fingerprint density at radius 2 is 1.77 bits per heavy atom. The summed E-state index contributed by atoms with van der Waals surface area (Å²) < 4.78 is 7.11. The second kappa shape index (κ2) is 11.3. The molecule has 0 saturated heterocycles. The van der Waals surface area contributed by atoms with Crippen molar-refractivity contribution in [1.82, 2.24) is 14.7 Å². The molecule has 0 N–H and O–H groups in total. The predicted octanol–water partition coefficient (Wildman–Crippen LogP) is 5.24. The van der Waals surface area contributed by atoms with Gasteiger partial charge in [-0.05, 0) is 37.8 Å². The van der Waals surface area contributed by atoms with Gasteiger partial charge in [0.1, 0.15) is 18.0 Å². The number of ketones is 1. The molecule has 0 unspecified atom stereocenters. The van der Waals surface area contributed by atoms with E-state index >= 15 is 0 Å². The van der Waals surface area contributed by atoms with Crippen LogP contribution >= 0.6 is 0 Å². The van der Waals surface area contributed by atoms with Crippen LogP contribution in [0.25, 0.3) is 10.9 Å². The number of ether oxygens (including phenoxy) is 1. The number of amides is 1. The van der Waals surface area contributed by atoms with Crippen LogP contribution in [0.1, 0.15) is 82.1 Å². The molecule has 1 aromatic carbocycles. The Labute approximate surface area is 185 Å². The van der Waals surface area contributed by atoms with Crippen molar-refractivity contribution < 1.29 is 14.3 Å². The summed E-state index contributed by atoms with van der Waals surface area (Å²) >= 11 is 0. The zero-order valence-corrected chi connectivity index (χ0v) is 19.4. The molecular formula is C25H37N3O3. The number of methoxy groups -OCH3 is 1. The smallest absolute Gasteiger partial charge is 0.244 e. The van der Waals surface area contributed by atoms with E-state index in [1.165, 1.54) is 6.42 Å². The summed E-state index contributed by atoms with van der Waals surface area (Å²) in [4.78, 5) is 28.4. The molecule has 1 aromatic heterocycles. The third-order valence-electron chi connectivity index (χ3n) is 6.37. The Bertz CT molecular complexity index is 876. The topological polar surface area (TPSA) is 64.4 Å². The van der Waals surface area contributed by atoms with Crippen LogP contribution in [-0.2, 0) is 11.3 Å². The summed E-state index contributed by atoms with van der Waals surface area (Å²) in [5, 5.41) is 5.50. The van der Waals surface area contributed by atoms with Gasteiger partial charge in [0, 0.05) is 30.5 Å². The molecule has 1 saturated carbocycles. The van der Waals surface area contributed by atoms with E-state index < -0.39 is 0 Å². The van der Waals surface area contributed by atoms with Gasteiger partial charge in [-0.25, -0.2) is 0 Å². The molecule has 0 aliphatic heterocycles. The molecule has 1 fully saturated rings. The van der Waals surface area contributed by atoms with E-state index in [0.29, 0.717) is 11.4 Å². The van der Waals surface area contributed by atoms with Crippen LogP contribution in [-0.4, -0.2) is 46.6 Å². The fourth-order valence-electron chi connectivity index (χ4n) is 4.43. The Morgan fingerprint density at radius 3 is 2.39 bits per heavy atom. The number of carbonyl (C=O) groups excluding carboxylic acids is 2. The van der Waals surface area contributed by atoms with Gasteiger partial charge >= 0.3 is 0 Å². The van der Waals surface area contributed by atoms with Crippen LogP contribution in [0.3, 0.4) is 0 Å².